The molecule has 1 aromatic carbocycles. The van der Waals surface area contributed by atoms with Gasteiger partial charge in [-0.2, -0.15) is 0 Å². The van der Waals surface area contributed by atoms with Crippen LogP contribution in [0.1, 0.15) is 62.4 Å². The van der Waals surface area contributed by atoms with Crippen molar-refractivity contribution in [3.05, 3.63) is 64.9 Å². The van der Waals surface area contributed by atoms with E-state index in [0.717, 1.165) is 5.56 Å². The molecule has 49 heavy (non-hydrogen) atoms. The number of amides is 6. The first kappa shape index (κ1) is 37.3. The molecule has 15 heteroatoms. The van der Waals surface area contributed by atoms with Crippen LogP contribution in [0, 0.1) is 5.92 Å². The number of nitrogens with zero attached hydrogens (tertiary/aromatic N) is 2. The van der Waals surface area contributed by atoms with Crippen LogP contribution in [0.4, 0.5) is 0 Å². The molecule has 0 saturated carbocycles. The van der Waals surface area contributed by atoms with Gasteiger partial charge in [0.15, 0.2) is 0 Å². The van der Waals surface area contributed by atoms with E-state index >= 15 is 0 Å². The summed E-state index contributed by atoms with van der Waals surface area (Å²) >= 11 is 6.03. The van der Waals surface area contributed by atoms with E-state index in [-0.39, 0.29) is 61.7 Å². The fraction of sp³-hybridized carbons (Fsp3) is 0.500. The molecule has 0 unspecified atom stereocenters. The summed E-state index contributed by atoms with van der Waals surface area (Å²) in [5.74, 6) is -3.60. The highest BCUT2D eigenvalue weighted by Gasteiger charge is 2.41. The minimum absolute atomic E-state index is 0.0157. The number of fused-ring (bicyclic) bond motifs is 1. The summed E-state index contributed by atoms with van der Waals surface area (Å²) in [5.41, 5.74) is 0.859. The van der Waals surface area contributed by atoms with E-state index < -0.39 is 71.8 Å². The van der Waals surface area contributed by atoms with Crippen molar-refractivity contribution in [2.24, 2.45) is 5.92 Å². The zero-order chi connectivity index (χ0) is 35.7. The summed E-state index contributed by atoms with van der Waals surface area (Å²) in [5, 5.41) is 24.2. The number of pyridine rings is 1. The van der Waals surface area contributed by atoms with Crippen LogP contribution in [-0.4, -0.2) is 99.8 Å². The molecule has 2 aliphatic rings. The molecule has 2 aromatic rings. The van der Waals surface area contributed by atoms with Crippen molar-refractivity contribution in [2.75, 3.05) is 13.1 Å². The van der Waals surface area contributed by atoms with Crippen LogP contribution in [0.15, 0.2) is 48.8 Å². The number of hydrogen-bond donors (Lipinski definition) is 6. The first-order valence-electron chi connectivity index (χ1n) is 16.4. The van der Waals surface area contributed by atoms with Crippen LogP contribution >= 0.6 is 11.6 Å². The zero-order valence-corrected chi connectivity index (χ0v) is 28.5. The Morgan fingerprint density at radius 1 is 1.00 bits per heavy atom. The smallest absolute Gasteiger partial charge is 0.253 e. The zero-order valence-electron chi connectivity index (χ0n) is 27.8. The molecule has 6 N–H and O–H groups in total. The van der Waals surface area contributed by atoms with E-state index in [0.29, 0.717) is 0 Å². The quantitative estimate of drug-likeness (QED) is 0.250. The third-order valence-electron chi connectivity index (χ3n) is 8.41. The van der Waals surface area contributed by atoms with Gasteiger partial charge in [-0.15, -0.1) is 0 Å². The lowest BCUT2D eigenvalue weighted by molar-refractivity contribution is -0.141. The monoisotopic (exact) mass is 697 g/mol. The summed E-state index contributed by atoms with van der Waals surface area (Å²) < 4.78 is 0. The fourth-order valence-corrected chi connectivity index (χ4v) is 6.09. The maximum atomic E-state index is 13.9. The molecule has 0 aliphatic carbocycles. The van der Waals surface area contributed by atoms with Gasteiger partial charge in [-0.3, -0.25) is 33.8 Å². The molecule has 6 amide bonds. The fourth-order valence-electron chi connectivity index (χ4n) is 5.92. The average molecular weight is 698 g/mol. The van der Waals surface area contributed by atoms with E-state index in [1.807, 2.05) is 19.9 Å². The maximum Gasteiger partial charge on any atom is 0.253 e. The van der Waals surface area contributed by atoms with Crippen LogP contribution in [0.25, 0.3) is 0 Å². The number of carbonyl (C=O) groups is 6. The number of nitrogens with one attached hydrogen (secondary N) is 5. The van der Waals surface area contributed by atoms with Gasteiger partial charge in [0.05, 0.1) is 16.7 Å². The Labute approximate surface area is 290 Å². The molecule has 2 saturated heterocycles. The average Bonchev–Trinajstić information content (AvgIpc) is 3.46. The largest absolute Gasteiger partial charge is 0.391 e. The molecule has 3 heterocycles. The second kappa shape index (κ2) is 17.2. The van der Waals surface area contributed by atoms with E-state index in [4.69, 9.17) is 11.6 Å². The predicted octanol–water partition coefficient (Wildman–Crippen LogP) is 0.468. The Hall–Kier alpha value is -4.56. The minimum atomic E-state index is -1.14. The number of carbonyl (C=O) groups excluding carboxylic acids is 6. The highest BCUT2D eigenvalue weighted by Crippen LogP contribution is 2.20. The molecule has 0 spiro atoms. The van der Waals surface area contributed by atoms with Gasteiger partial charge in [0.25, 0.3) is 5.91 Å². The second-order valence-corrected chi connectivity index (χ2v) is 13.4. The van der Waals surface area contributed by atoms with Crippen molar-refractivity contribution >= 4 is 47.0 Å². The molecule has 14 nitrogen and oxygen atoms in total. The van der Waals surface area contributed by atoms with Gasteiger partial charge in [-0.05, 0) is 43.7 Å². The van der Waals surface area contributed by atoms with Crippen LogP contribution in [0.2, 0.25) is 5.02 Å². The number of aliphatic hydroxyl groups excluding tert-OH is 1. The number of benzene rings is 1. The topological polar surface area (TPSA) is 199 Å². The highest BCUT2D eigenvalue weighted by atomic mass is 35.5. The van der Waals surface area contributed by atoms with Crippen molar-refractivity contribution in [1.29, 1.82) is 0 Å². The van der Waals surface area contributed by atoms with E-state index in [1.54, 1.807) is 24.3 Å². The number of aliphatic hydroxyl groups is 1. The van der Waals surface area contributed by atoms with Crippen molar-refractivity contribution < 1.29 is 33.9 Å². The van der Waals surface area contributed by atoms with Gasteiger partial charge >= 0.3 is 0 Å². The van der Waals surface area contributed by atoms with E-state index in [2.05, 4.69) is 31.6 Å². The van der Waals surface area contributed by atoms with Crippen molar-refractivity contribution in [3.8, 4) is 0 Å². The van der Waals surface area contributed by atoms with Crippen molar-refractivity contribution in [1.82, 2.24) is 36.5 Å². The van der Waals surface area contributed by atoms with Crippen LogP contribution in [0.3, 0.4) is 0 Å². The number of halogens is 1. The Bertz CT molecular complexity index is 1530. The standard InChI is InChI=1S/C34H44ClN7O7/c1-19(2)12-26-31(46)38-20(3)34(49)42-18-24(43)15-28(42)33(48)37-11-7-10-25(39-29(44)22-14-23(35)17-36-16-22)30(45)41-27(32(47)40-26)13-21-8-5-4-6-9-21/h4-6,8-9,14,16-17,19-20,24-28,43H,7,10-13,15,18H2,1-3H3,(H,37,48)(H,38,46)(H,39,44)(H,40,47)(H,41,45)/t20-,24+,25-,26-,27+,28-/m0/s1. The van der Waals surface area contributed by atoms with Gasteiger partial charge < -0.3 is 36.6 Å². The molecular weight excluding hydrogens is 654 g/mol. The molecule has 4 rings (SSSR count). The van der Waals surface area contributed by atoms with Crippen LogP contribution < -0.4 is 26.6 Å². The van der Waals surface area contributed by atoms with E-state index in [9.17, 15) is 33.9 Å². The Morgan fingerprint density at radius 2 is 1.69 bits per heavy atom. The summed E-state index contributed by atoms with van der Waals surface area (Å²) in [6.45, 7) is 5.24. The third-order valence-corrected chi connectivity index (χ3v) is 8.61. The van der Waals surface area contributed by atoms with Crippen LogP contribution in [0.5, 0.6) is 0 Å². The van der Waals surface area contributed by atoms with Crippen molar-refractivity contribution in [3.63, 3.8) is 0 Å². The van der Waals surface area contributed by atoms with Gasteiger partial charge in [0.2, 0.25) is 29.5 Å². The Kier molecular flexibility index (Phi) is 13.1. The van der Waals surface area contributed by atoms with Gasteiger partial charge in [-0.1, -0.05) is 55.8 Å². The lowest BCUT2D eigenvalue weighted by Crippen LogP contribution is -2.59. The Balaban J connectivity index is 1.66. The summed E-state index contributed by atoms with van der Waals surface area (Å²) in [6.07, 6.45) is 2.35. The number of rotatable bonds is 6. The molecule has 264 valence electrons. The van der Waals surface area contributed by atoms with Gasteiger partial charge in [-0.25, -0.2) is 0 Å². The van der Waals surface area contributed by atoms with Gasteiger partial charge in [0.1, 0.15) is 30.2 Å². The predicted molar refractivity (Wildman–Crippen MR) is 180 cm³/mol. The van der Waals surface area contributed by atoms with Crippen LogP contribution in [-0.2, 0) is 30.4 Å². The molecule has 1 aromatic heterocycles. The van der Waals surface area contributed by atoms with E-state index in [1.165, 1.54) is 30.3 Å². The lowest BCUT2D eigenvalue weighted by atomic mass is 10.00. The first-order chi connectivity index (χ1) is 23.3. The molecule has 2 fully saturated rings. The summed E-state index contributed by atoms with van der Waals surface area (Å²) in [7, 11) is 0. The number of aromatic nitrogens is 1. The minimum Gasteiger partial charge on any atom is -0.391 e. The summed E-state index contributed by atoms with van der Waals surface area (Å²) in [6, 6.07) is 5.02. The Morgan fingerprint density at radius 3 is 2.39 bits per heavy atom. The highest BCUT2D eigenvalue weighted by molar-refractivity contribution is 6.30. The third kappa shape index (κ3) is 10.5. The summed E-state index contributed by atoms with van der Waals surface area (Å²) in [4.78, 5) is 86.3. The van der Waals surface area contributed by atoms with Gasteiger partial charge in [0, 0.05) is 38.3 Å². The molecular formula is C34H44ClN7O7. The maximum absolute atomic E-state index is 13.9. The van der Waals surface area contributed by atoms with Crippen molar-refractivity contribution in [2.45, 2.75) is 89.2 Å². The normalized spacial score (nSPS) is 26.1. The lowest BCUT2D eigenvalue weighted by Gasteiger charge is -2.29. The molecule has 0 bridgehead atoms. The first-order valence-corrected chi connectivity index (χ1v) is 16.8. The molecule has 6 atom stereocenters. The second-order valence-electron chi connectivity index (χ2n) is 12.9. The SMILES string of the molecule is CC(C)C[C@@H]1NC(=O)[C@@H](Cc2ccccc2)NC(=O)[C@@H](NC(=O)c2cncc(Cl)c2)CCCNC(=O)[C@@H]2C[C@@H](O)CN2C(=O)[C@H](C)NC1=O. The molecule has 2 aliphatic heterocycles. The number of hydrogen-bond acceptors (Lipinski definition) is 8. The molecule has 0 radical (unpaired) electrons.